The van der Waals surface area contributed by atoms with Crippen molar-refractivity contribution in [3.05, 3.63) is 77.6 Å². The highest BCUT2D eigenvalue weighted by Gasteiger charge is 2.13. The maximum atomic E-state index is 13.2. The zero-order chi connectivity index (χ0) is 17.1. The fourth-order valence-electron chi connectivity index (χ4n) is 2.30. The van der Waals surface area contributed by atoms with Gasteiger partial charge in [0.2, 0.25) is 0 Å². The lowest BCUT2D eigenvalue weighted by atomic mass is 10.1. The Hall–Kier alpha value is -2.47. The number of aromatic nitrogens is 2. The lowest BCUT2D eigenvalue weighted by molar-refractivity contribution is 0.102. The maximum Gasteiger partial charge on any atom is 0.173 e. The Bertz CT molecular complexity index is 892. The van der Waals surface area contributed by atoms with Gasteiger partial charge in [0.15, 0.2) is 22.6 Å². The van der Waals surface area contributed by atoms with Gasteiger partial charge in [0.1, 0.15) is 0 Å². The molecule has 0 spiro atoms. The Morgan fingerprint density at radius 3 is 2.71 bits per heavy atom. The molecule has 3 rings (SSSR count). The van der Waals surface area contributed by atoms with E-state index in [9.17, 15) is 13.6 Å². The molecule has 0 saturated carbocycles. The van der Waals surface area contributed by atoms with Crippen LogP contribution in [0, 0.1) is 18.6 Å². The van der Waals surface area contributed by atoms with Crippen LogP contribution in [0.25, 0.3) is 5.69 Å². The minimum Gasteiger partial charge on any atom is -0.295 e. The zero-order valence-electron chi connectivity index (χ0n) is 12.9. The number of hydrogen-bond acceptors (Lipinski definition) is 3. The fourth-order valence-corrected chi connectivity index (χ4v) is 3.16. The van der Waals surface area contributed by atoms with Crippen molar-refractivity contribution in [1.29, 1.82) is 0 Å². The summed E-state index contributed by atoms with van der Waals surface area (Å²) in [7, 11) is 0. The van der Waals surface area contributed by atoms with Gasteiger partial charge in [-0.15, -0.1) is 0 Å². The molecule has 0 N–H and O–H groups in total. The fraction of sp³-hybridized carbons (Fsp3) is 0.111. The van der Waals surface area contributed by atoms with E-state index in [4.69, 9.17) is 0 Å². The molecule has 0 unspecified atom stereocenters. The molecule has 0 bridgehead atoms. The van der Waals surface area contributed by atoms with E-state index in [1.165, 1.54) is 17.8 Å². The Kier molecular flexibility index (Phi) is 4.76. The van der Waals surface area contributed by atoms with Crippen molar-refractivity contribution < 1.29 is 13.6 Å². The molecule has 0 saturated heterocycles. The number of nitrogens with zero attached hydrogens (tertiary/aromatic N) is 2. The molecule has 0 atom stereocenters. The highest BCUT2D eigenvalue weighted by atomic mass is 32.2. The molecule has 1 heterocycles. The van der Waals surface area contributed by atoms with E-state index in [1.807, 2.05) is 42.0 Å². The number of carbonyl (C=O) groups excluding carboxylic acids is 1. The average molecular weight is 344 g/mol. The van der Waals surface area contributed by atoms with Gasteiger partial charge < -0.3 is 0 Å². The van der Waals surface area contributed by atoms with Crippen LogP contribution >= 0.6 is 11.8 Å². The van der Waals surface area contributed by atoms with Crippen molar-refractivity contribution in [2.24, 2.45) is 0 Å². The molecular weight excluding hydrogens is 330 g/mol. The molecular formula is C18H14F2N2OS. The average Bonchev–Trinajstić information content (AvgIpc) is 3.04. The molecule has 0 aliphatic rings. The third-order valence-electron chi connectivity index (χ3n) is 3.56. The largest absolute Gasteiger partial charge is 0.295 e. The van der Waals surface area contributed by atoms with Gasteiger partial charge >= 0.3 is 0 Å². The van der Waals surface area contributed by atoms with Gasteiger partial charge in [-0.25, -0.2) is 13.8 Å². The lowest BCUT2D eigenvalue weighted by Gasteiger charge is -2.10. The first-order valence-corrected chi connectivity index (χ1v) is 8.25. The van der Waals surface area contributed by atoms with Crippen LogP contribution in [0.5, 0.6) is 0 Å². The monoisotopic (exact) mass is 344 g/mol. The number of carbonyl (C=O) groups is 1. The molecule has 0 amide bonds. The highest BCUT2D eigenvalue weighted by Crippen LogP contribution is 2.23. The van der Waals surface area contributed by atoms with Gasteiger partial charge in [-0.1, -0.05) is 30.0 Å². The third kappa shape index (κ3) is 3.38. The van der Waals surface area contributed by atoms with Crippen LogP contribution in [0.3, 0.4) is 0 Å². The predicted molar refractivity (Wildman–Crippen MR) is 89.7 cm³/mol. The van der Waals surface area contributed by atoms with Gasteiger partial charge in [0.25, 0.3) is 0 Å². The van der Waals surface area contributed by atoms with E-state index in [2.05, 4.69) is 4.98 Å². The number of benzene rings is 2. The first-order valence-electron chi connectivity index (χ1n) is 7.26. The van der Waals surface area contributed by atoms with Crippen molar-refractivity contribution in [2.45, 2.75) is 12.1 Å². The van der Waals surface area contributed by atoms with Crippen LogP contribution in [-0.2, 0) is 0 Å². The van der Waals surface area contributed by atoms with Gasteiger partial charge in [0.05, 0.1) is 11.4 Å². The summed E-state index contributed by atoms with van der Waals surface area (Å²) in [6, 6.07) is 11.0. The zero-order valence-corrected chi connectivity index (χ0v) is 13.7. The summed E-state index contributed by atoms with van der Waals surface area (Å²) in [5.41, 5.74) is 2.22. The molecule has 1 aromatic heterocycles. The van der Waals surface area contributed by atoms with Gasteiger partial charge in [-0.3, -0.25) is 9.36 Å². The smallest absolute Gasteiger partial charge is 0.173 e. The first kappa shape index (κ1) is 16.4. The minimum absolute atomic E-state index is 0.0912. The van der Waals surface area contributed by atoms with Crippen LogP contribution in [0.4, 0.5) is 8.78 Å². The topological polar surface area (TPSA) is 34.9 Å². The van der Waals surface area contributed by atoms with Crippen LogP contribution in [-0.4, -0.2) is 21.1 Å². The molecule has 0 fully saturated rings. The summed E-state index contributed by atoms with van der Waals surface area (Å²) in [6.07, 6.45) is 3.49. The van der Waals surface area contributed by atoms with E-state index < -0.39 is 11.6 Å². The maximum absolute atomic E-state index is 13.2. The number of rotatable bonds is 5. The van der Waals surface area contributed by atoms with Gasteiger partial charge in [0, 0.05) is 18.0 Å². The summed E-state index contributed by atoms with van der Waals surface area (Å²) in [6.45, 7) is 2.00. The predicted octanol–water partition coefficient (Wildman–Crippen LogP) is 4.43. The summed E-state index contributed by atoms with van der Waals surface area (Å²) in [5.74, 6) is -2.17. The van der Waals surface area contributed by atoms with Crippen molar-refractivity contribution in [3.63, 3.8) is 0 Å². The molecule has 6 heteroatoms. The Labute approximate surface area is 142 Å². The van der Waals surface area contributed by atoms with Gasteiger partial charge in [-0.05, 0) is 36.8 Å². The first-order chi connectivity index (χ1) is 11.6. The van der Waals surface area contributed by atoms with Crippen molar-refractivity contribution in [3.8, 4) is 5.69 Å². The number of para-hydroxylation sites is 1. The molecule has 24 heavy (non-hydrogen) atoms. The van der Waals surface area contributed by atoms with Crippen LogP contribution in [0.2, 0.25) is 0 Å². The number of imidazole rings is 1. The minimum atomic E-state index is -1.02. The molecule has 0 aliphatic carbocycles. The summed E-state index contributed by atoms with van der Waals surface area (Å²) >= 11 is 1.26. The molecule has 0 radical (unpaired) electrons. The van der Waals surface area contributed by atoms with E-state index in [1.54, 1.807) is 6.20 Å². The number of thioether (sulfide) groups is 1. The molecule has 3 nitrogen and oxygen atoms in total. The van der Waals surface area contributed by atoms with Crippen LogP contribution < -0.4 is 0 Å². The third-order valence-corrected chi connectivity index (χ3v) is 4.52. The normalized spacial score (nSPS) is 10.8. The number of Topliss-reactive ketones (excluding diaryl/α,β-unsaturated/α-hetero) is 1. The van der Waals surface area contributed by atoms with E-state index in [0.29, 0.717) is 5.16 Å². The molecule has 122 valence electrons. The van der Waals surface area contributed by atoms with E-state index in [-0.39, 0.29) is 17.1 Å². The van der Waals surface area contributed by atoms with E-state index in [0.717, 1.165) is 23.4 Å². The SMILES string of the molecule is Cc1ccccc1-n1ccnc1SCC(=O)c1ccc(F)c(F)c1. The van der Waals surface area contributed by atoms with Crippen LogP contribution in [0.15, 0.2) is 60.0 Å². The van der Waals surface area contributed by atoms with Crippen molar-refractivity contribution in [1.82, 2.24) is 9.55 Å². The standard InChI is InChI=1S/C18H14F2N2OS/c1-12-4-2-3-5-16(12)22-9-8-21-18(22)24-11-17(23)13-6-7-14(19)15(20)10-13/h2-10H,11H2,1H3. The van der Waals surface area contributed by atoms with Gasteiger partial charge in [-0.2, -0.15) is 0 Å². The second kappa shape index (κ2) is 6.97. The highest BCUT2D eigenvalue weighted by molar-refractivity contribution is 7.99. The van der Waals surface area contributed by atoms with Crippen LogP contribution in [0.1, 0.15) is 15.9 Å². The number of aryl methyl sites for hydroxylation is 1. The Morgan fingerprint density at radius 2 is 1.96 bits per heavy atom. The number of ketones is 1. The van der Waals surface area contributed by atoms with Crippen molar-refractivity contribution in [2.75, 3.05) is 5.75 Å². The summed E-state index contributed by atoms with van der Waals surface area (Å²) < 4.78 is 28.1. The second-order valence-electron chi connectivity index (χ2n) is 5.21. The quantitative estimate of drug-likeness (QED) is 0.507. The Morgan fingerprint density at radius 1 is 1.17 bits per heavy atom. The van der Waals surface area contributed by atoms with E-state index >= 15 is 0 Å². The molecule has 0 aliphatic heterocycles. The Balaban J connectivity index is 1.76. The summed E-state index contributed by atoms with van der Waals surface area (Å²) in [5, 5.41) is 0.667. The number of hydrogen-bond donors (Lipinski definition) is 0. The second-order valence-corrected chi connectivity index (χ2v) is 6.15. The lowest BCUT2D eigenvalue weighted by Crippen LogP contribution is -2.05. The number of halogens is 2. The molecule has 2 aromatic carbocycles. The summed E-state index contributed by atoms with van der Waals surface area (Å²) in [4.78, 5) is 16.4. The molecule has 3 aromatic rings. The van der Waals surface area contributed by atoms with Crippen molar-refractivity contribution >= 4 is 17.5 Å².